The largest absolute Gasteiger partial charge is 0.496 e. The second kappa shape index (κ2) is 8.88. The maximum atomic E-state index is 12.1. The third-order valence-electron chi connectivity index (χ3n) is 3.69. The van der Waals surface area contributed by atoms with Gasteiger partial charge in [0.15, 0.2) is 11.5 Å². The van der Waals surface area contributed by atoms with Crippen LogP contribution in [0.25, 0.3) is 0 Å². The van der Waals surface area contributed by atoms with Crippen molar-refractivity contribution in [2.75, 3.05) is 39.4 Å². The molecule has 7 heteroatoms. The molecule has 1 aromatic rings. The molecule has 2 N–H and O–H groups in total. The quantitative estimate of drug-likeness (QED) is 0.782. The molecule has 0 aliphatic carbocycles. The molecule has 1 aromatic carbocycles. The van der Waals surface area contributed by atoms with Crippen LogP contribution in [0.5, 0.6) is 17.2 Å². The van der Waals surface area contributed by atoms with E-state index in [0.717, 1.165) is 23.6 Å². The van der Waals surface area contributed by atoms with Crippen LogP contribution in [0.3, 0.4) is 0 Å². The van der Waals surface area contributed by atoms with Gasteiger partial charge in [-0.15, -0.1) is 0 Å². The highest BCUT2D eigenvalue weighted by Crippen LogP contribution is 2.34. The molecule has 0 radical (unpaired) electrons. The summed E-state index contributed by atoms with van der Waals surface area (Å²) in [7, 11) is 4.75. The average molecular weight is 340 g/mol. The lowest BCUT2D eigenvalue weighted by Gasteiger charge is -2.22. The topological polar surface area (TPSA) is 68.8 Å². The molecule has 0 spiro atoms. The molecule has 0 saturated carbocycles. The highest BCUT2D eigenvalue weighted by molar-refractivity contribution is 7.99. The van der Waals surface area contributed by atoms with Crippen LogP contribution in [0.4, 0.5) is 0 Å². The monoisotopic (exact) mass is 340 g/mol. The average Bonchev–Trinajstić information content (AvgIpc) is 2.59. The van der Waals surface area contributed by atoms with Gasteiger partial charge in [0.05, 0.1) is 21.3 Å². The number of rotatable bonds is 7. The highest BCUT2D eigenvalue weighted by Gasteiger charge is 2.17. The fraction of sp³-hybridized carbons (Fsp3) is 0.562. The van der Waals surface area contributed by atoms with Crippen molar-refractivity contribution < 1.29 is 19.0 Å². The molecule has 1 aliphatic heterocycles. The Morgan fingerprint density at radius 2 is 1.91 bits per heavy atom. The Bertz CT molecular complexity index is 533. The summed E-state index contributed by atoms with van der Waals surface area (Å²) in [6, 6.07) is 3.84. The van der Waals surface area contributed by atoms with Crippen LogP contribution in [-0.4, -0.2) is 51.3 Å². The SMILES string of the molecule is COc1cc(OC)c(OC)cc1CNC(=O)CC1CSCCN1. The Labute approximate surface area is 141 Å². The van der Waals surface area contributed by atoms with Gasteiger partial charge in [-0.3, -0.25) is 4.79 Å². The number of carbonyl (C=O) groups is 1. The third-order valence-corrected chi connectivity index (χ3v) is 4.82. The molecular formula is C16H24N2O4S. The molecular weight excluding hydrogens is 316 g/mol. The van der Waals surface area contributed by atoms with Crippen LogP contribution >= 0.6 is 11.8 Å². The first-order valence-electron chi connectivity index (χ1n) is 7.54. The summed E-state index contributed by atoms with van der Waals surface area (Å²) >= 11 is 1.88. The molecule has 1 amide bonds. The molecule has 1 aliphatic rings. The molecule has 0 bridgehead atoms. The van der Waals surface area contributed by atoms with E-state index in [0.29, 0.717) is 30.2 Å². The number of methoxy groups -OCH3 is 3. The molecule has 0 aromatic heterocycles. The van der Waals surface area contributed by atoms with E-state index in [1.165, 1.54) is 0 Å². The zero-order valence-corrected chi connectivity index (χ0v) is 14.6. The Balaban J connectivity index is 1.97. The van der Waals surface area contributed by atoms with E-state index >= 15 is 0 Å². The maximum absolute atomic E-state index is 12.1. The molecule has 1 saturated heterocycles. The minimum atomic E-state index is 0.0295. The second-order valence-corrected chi connectivity index (χ2v) is 6.38. The summed E-state index contributed by atoms with van der Waals surface area (Å²) in [5.41, 5.74) is 0.851. The van der Waals surface area contributed by atoms with Gasteiger partial charge in [-0.05, 0) is 6.07 Å². The van der Waals surface area contributed by atoms with Crippen LogP contribution in [-0.2, 0) is 11.3 Å². The van der Waals surface area contributed by atoms with Crippen molar-refractivity contribution in [1.82, 2.24) is 10.6 Å². The standard InChI is InChI=1S/C16H24N2O4S/c1-20-13-8-15(22-3)14(21-2)6-11(13)9-18-16(19)7-12-10-23-5-4-17-12/h6,8,12,17H,4-5,7,9-10H2,1-3H3,(H,18,19). The summed E-state index contributed by atoms with van der Waals surface area (Å²) in [6.45, 7) is 1.36. The van der Waals surface area contributed by atoms with Crippen LogP contribution < -0.4 is 24.8 Å². The Hall–Kier alpha value is -1.60. The van der Waals surface area contributed by atoms with Crippen LogP contribution in [0.15, 0.2) is 12.1 Å². The smallest absolute Gasteiger partial charge is 0.221 e. The summed E-state index contributed by atoms with van der Waals surface area (Å²) in [5.74, 6) is 4.00. The zero-order valence-electron chi connectivity index (χ0n) is 13.8. The van der Waals surface area contributed by atoms with Gasteiger partial charge in [0.25, 0.3) is 0 Å². The lowest BCUT2D eigenvalue weighted by atomic mass is 10.1. The normalized spacial score (nSPS) is 17.4. The summed E-state index contributed by atoms with van der Waals surface area (Å²) in [6.07, 6.45) is 0.489. The predicted octanol–water partition coefficient (Wildman–Crippen LogP) is 1.42. The van der Waals surface area contributed by atoms with Crippen molar-refractivity contribution in [2.45, 2.75) is 19.0 Å². The first-order valence-corrected chi connectivity index (χ1v) is 8.70. The first-order chi connectivity index (χ1) is 11.2. The van der Waals surface area contributed by atoms with Gasteiger partial charge in [0.1, 0.15) is 5.75 Å². The van der Waals surface area contributed by atoms with E-state index in [9.17, 15) is 4.79 Å². The second-order valence-electron chi connectivity index (χ2n) is 5.23. The van der Waals surface area contributed by atoms with Crippen LogP contribution in [0.1, 0.15) is 12.0 Å². The van der Waals surface area contributed by atoms with E-state index in [-0.39, 0.29) is 11.9 Å². The first kappa shape index (κ1) is 17.7. The predicted molar refractivity (Wildman–Crippen MR) is 91.7 cm³/mol. The van der Waals surface area contributed by atoms with Crippen molar-refractivity contribution >= 4 is 17.7 Å². The van der Waals surface area contributed by atoms with Crippen molar-refractivity contribution in [3.05, 3.63) is 17.7 Å². The molecule has 1 unspecified atom stereocenters. The lowest BCUT2D eigenvalue weighted by molar-refractivity contribution is -0.121. The van der Waals surface area contributed by atoms with Gasteiger partial charge in [0, 0.05) is 48.7 Å². The molecule has 1 heterocycles. The molecule has 23 heavy (non-hydrogen) atoms. The number of benzene rings is 1. The van der Waals surface area contributed by atoms with E-state index in [1.54, 1.807) is 27.4 Å². The van der Waals surface area contributed by atoms with Crippen molar-refractivity contribution in [1.29, 1.82) is 0 Å². The zero-order chi connectivity index (χ0) is 16.7. The molecule has 1 fully saturated rings. The third kappa shape index (κ3) is 4.94. The molecule has 128 valence electrons. The molecule has 2 rings (SSSR count). The Kier molecular flexibility index (Phi) is 6.85. The number of hydrogen-bond donors (Lipinski definition) is 2. The number of amides is 1. The number of ether oxygens (including phenoxy) is 3. The van der Waals surface area contributed by atoms with E-state index in [1.807, 2.05) is 17.8 Å². The highest BCUT2D eigenvalue weighted by atomic mass is 32.2. The van der Waals surface area contributed by atoms with Crippen molar-refractivity contribution in [3.8, 4) is 17.2 Å². The van der Waals surface area contributed by atoms with Gasteiger partial charge < -0.3 is 24.8 Å². The van der Waals surface area contributed by atoms with Gasteiger partial charge in [-0.25, -0.2) is 0 Å². The summed E-state index contributed by atoms with van der Waals surface area (Å²) < 4.78 is 15.9. The number of thioether (sulfide) groups is 1. The lowest BCUT2D eigenvalue weighted by Crippen LogP contribution is -2.41. The number of carbonyl (C=O) groups excluding carboxylic acids is 1. The van der Waals surface area contributed by atoms with E-state index in [4.69, 9.17) is 14.2 Å². The minimum absolute atomic E-state index is 0.0295. The van der Waals surface area contributed by atoms with Gasteiger partial charge >= 0.3 is 0 Å². The fourth-order valence-corrected chi connectivity index (χ4v) is 3.42. The minimum Gasteiger partial charge on any atom is -0.496 e. The van der Waals surface area contributed by atoms with Crippen molar-refractivity contribution in [3.63, 3.8) is 0 Å². The summed E-state index contributed by atoms with van der Waals surface area (Å²) in [5, 5.41) is 6.31. The molecule has 6 nitrogen and oxygen atoms in total. The van der Waals surface area contributed by atoms with Gasteiger partial charge in [-0.2, -0.15) is 11.8 Å². The van der Waals surface area contributed by atoms with E-state index < -0.39 is 0 Å². The Morgan fingerprint density at radius 1 is 1.22 bits per heavy atom. The van der Waals surface area contributed by atoms with Crippen LogP contribution in [0.2, 0.25) is 0 Å². The van der Waals surface area contributed by atoms with E-state index in [2.05, 4.69) is 10.6 Å². The van der Waals surface area contributed by atoms with Gasteiger partial charge in [0.2, 0.25) is 5.91 Å². The number of nitrogens with one attached hydrogen (secondary N) is 2. The Morgan fingerprint density at radius 3 is 2.52 bits per heavy atom. The number of hydrogen-bond acceptors (Lipinski definition) is 6. The van der Waals surface area contributed by atoms with Crippen LogP contribution in [0, 0.1) is 0 Å². The fourth-order valence-electron chi connectivity index (χ4n) is 2.47. The van der Waals surface area contributed by atoms with Crippen molar-refractivity contribution in [2.24, 2.45) is 0 Å². The maximum Gasteiger partial charge on any atom is 0.221 e. The van der Waals surface area contributed by atoms with Gasteiger partial charge in [-0.1, -0.05) is 0 Å². The summed E-state index contributed by atoms with van der Waals surface area (Å²) in [4.78, 5) is 12.1. The molecule has 1 atom stereocenters.